The largest absolute Gasteiger partial charge is 0.478 e. The fourth-order valence-electron chi connectivity index (χ4n) is 1.55. The number of rotatable bonds is 4. The van der Waals surface area contributed by atoms with Crippen molar-refractivity contribution >= 4 is 17.6 Å². The van der Waals surface area contributed by atoms with Crippen molar-refractivity contribution in [2.24, 2.45) is 0 Å². The van der Waals surface area contributed by atoms with Gasteiger partial charge in [-0.1, -0.05) is 19.9 Å². The molecule has 1 heterocycles. The lowest BCUT2D eigenvalue weighted by Crippen LogP contribution is -2.14. The van der Waals surface area contributed by atoms with Gasteiger partial charge in [0.25, 0.3) is 5.91 Å². The molecule has 3 N–H and O–H groups in total. The zero-order chi connectivity index (χ0) is 14.7. The topological polar surface area (TPSA) is 108 Å². The summed E-state index contributed by atoms with van der Waals surface area (Å²) in [6, 6.07) is 5.97. The number of hydrogen-bond acceptors (Lipinski definition) is 4. The summed E-state index contributed by atoms with van der Waals surface area (Å²) in [5.41, 5.74) is 0.478. The molecule has 20 heavy (non-hydrogen) atoms. The van der Waals surface area contributed by atoms with Gasteiger partial charge in [0.2, 0.25) is 5.82 Å². The number of carbonyl (C=O) groups excluding carboxylic acids is 1. The summed E-state index contributed by atoms with van der Waals surface area (Å²) in [6.07, 6.45) is 0. The first-order valence-electron chi connectivity index (χ1n) is 6.04. The molecule has 0 unspecified atom stereocenters. The van der Waals surface area contributed by atoms with Gasteiger partial charge in [-0.25, -0.2) is 9.78 Å². The minimum atomic E-state index is -1.05. The number of carbonyl (C=O) groups is 2. The van der Waals surface area contributed by atoms with Gasteiger partial charge >= 0.3 is 5.97 Å². The molecule has 0 saturated heterocycles. The number of H-pyrrole nitrogens is 1. The summed E-state index contributed by atoms with van der Waals surface area (Å²) in [5, 5.41) is 18.0. The molecule has 1 aromatic heterocycles. The van der Waals surface area contributed by atoms with Crippen LogP contribution in [0, 0.1) is 0 Å². The maximum atomic E-state index is 11.9. The molecule has 0 fully saturated rings. The number of carboxylic acids is 1. The highest BCUT2D eigenvalue weighted by Gasteiger charge is 2.14. The highest BCUT2D eigenvalue weighted by molar-refractivity contribution is 6.02. The van der Waals surface area contributed by atoms with Crippen LogP contribution in [0.4, 0.5) is 5.69 Å². The molecule has 2 rings (SSSR count). The summed E-state index contributed by atoms with van der Waals surface area (Å²) < 4.78 is 0. The molecule has 0 aliphatic heterocycles. The van der Waals surface area contributed by atoms with Crippen molar-refractivity contribution in [3.05, 3.63) is 41.5 Å². The molecule has 2 aromatic rings. The number of carboxylic acid groups (broad SMARTS) is 1. The second-order valence-electron chi connectivity index (χ2n) is 4.54. The first kappa shape index (κ1) is 13.7. The number of aromatic carboxylic acids is 1. The third kappa shape index (κ3) is 3.00. The summed E-state index contributed by atoms with van der Waals surface area (Å²) in [4.78, 5) is 26.8. The smallest absolute Gasteiger partial charge is 0.335 e. The lowest BCUT2D eigenvalue weighted by atomic mass is 10.2. The van der Waals surface area contributed by atoms with Gasteiger partial charge in [0, 0.05) is 11.6 Å². The first-order valence-corrected chi connectivity index (χ1v) is 6.04. The van der Waals surface area contributed by atoms with Crippen molar-refractivity contribution in [2.45, 2.75) is 19.8 Å². The van der Waals surface area contributed by atoms with E-state index in [4.69, 9.17) is 5.11 Å². The van der Waals surface area contributed by atoms with E-state index in [2.05, 4.69) is 20.5 Å². The maximum Gasteiger partial charge on any atom is 0.335 e. The van der Waals surface area contributed by atoms with Crippen molar-refractivity contribution in [2.75, 3.05) is 5.32 Å². The Labute approximate surface area is 115 Å². The number of benzene rings is 1. The molecule has 0 spiro atoms. The second-order valence-corrected chi connectivity index (χ2v) is 4.54. The van der Waals surface area contributed by atoms with Gasteiger partial charge in [-0.2, -0.15) is 0 Å². The van der Waals surface area contributed by atoms with Crippen LogP contribution in [0.2, 0.25) is 0 Å². The van der Waals surface area contributed by atoms with Gasteiger partial charge in [0.05, 0.1) is 5.56 Å². The summed E-state index contributed by atoms with van der Waals surface area (Å²) >= 11 is 0. The monoisotopic (exact) mass is 274 g/mol. The van der Waals surface area contributed by atoms with E-state index in [1.165, 1.54) is 12.1 Å². The summed E-state index contributed by atoms with van der Waals surface area (Å²) in [6.45, 7) is 3.86. The average molecular weight is 274 g/mol. The van der Waals surface area contributed by atoms with E-state index in [1.807, 2.05) is 13.8 Å². The molecule has 0 radical (unpaired) electrons. The normalized spacial score (nSPS) is 10.6. The lowest BCUT2D eigenvalue weighted by molar-refractivity contribution is 0.0696. The zero-order valence-electron chi connectivity index (χ0n) is 11.0. The van der Waals surface area contributed by atoms with E-state index >= 15 is 0 Å². The quantitative estimate of drug-likeness (QED) is 0.788. The van der Waals surface area contributed by atoms with Crippen LogP contribution < -0.4 is 5.32 Å². The van der Waals surface area contributed by atoms with Crippen molar-refractivity contribution in [3.8, 4) is 0 Å². The van der Waals surface area contributed by atoms with Gasteiger partial charge in [-0.05, 0) is 18.2 Å². The Morgan fingerprint density at radius 1 is 1.35 bits per heavy atom. The number of hydrogen-bond donors (Lipinski definition) is 3. The van der Waals surface area contributed by atoms with Gasteiger partial charge in [0.15, 0.2) is 0 Å². The van der Waals surface area contributed by atoms with E-state index in [0.717, 1.165) is 0 Å². The Morgan fingerprint density at radius 3 is 2.70 bits per heavy atom. The lowest BCUT2D eigenvalue weighted by Gasteiger charge is -2.03. The highest BCUT2D eigenvalue weighted by Crippen LogP contribution is 2.12. The van der Waals surface area contributed by atoms with E-state index in [-0.39, 0.29) is 17.3 Å². The fourth-order valence-corrected chi connectivity index (χ4v) is 1.55. The van der Waals surface area contributed by atoms with Crippen LogP contribution in [0.15, 0.2) is 24.3 Å². The van der Waals surface area contributed by atoms with Gasteiger partial charge in [0.1, 0.15) is 5.82 Å². The van der Waals surface area contributed by atoms with Crippen molar-refractivity contribution in [1.29, 1.82) is 0 Å². The van der Waals surface area contributed by atoms with Crippen LogP contribution in [0.1, 0.15) is 46.6 Å². The van der Waals surface area contributed by atoms with Crippen molar-refractivity contribution in [3.63, 3.8) is 0 Å². The van der Waals surface area contributed by atoms with Crippen molar-refractivity contribution in [1.82, 2.24) is 15.2 Å². The molecule has 104 valence electrons. The third-order valence-corrected chi connectivity index (χ3v) is 2.62. The Hall–Kier alpha value is -2.70. The predicted octanol–water partition coefficient (Wildman–Crippen LogP) is 1.88. The molecule has 1 amide bonds. The number of nitrogens with one attached hydrogen (secondary N) is 2. The summed E-state index contributed by atoms with van der Waals surface area (Å²) in [7, 11) is 0. The number of nitrogens with zero attached hydrogens (tertiary/aromatic N) is 2. The van der Waals surface area contributed by atoms with Crippen LogP contribution >= 0.6 is 0 Å². The maximum absolute atomic E-state index is 11.9. The minimum absolute atomic E-state index is 0.0226. The average Bonchev–Trinajstić information content (AvgIpc) is 2.88. The van der Waals surface area contributed by atoms with Crippen LogP contribution in [-0.4, -0.2) is 32.2 Å². The zero-order valence-corrected chi connectivity index (χ0v) is 11.0. The second kappa shape index (κ2) is 5.52. The van der Waals surface area contributed by atoms with Crippen LogP contribution in [-0.2, 0) is 0 Å². The Morgan fingerprint density at radius 2 is 2.10 bits per heavy atom. The number of aromatic amines is 1. The van der Waals surface area contributed by atoms with E-state index in [0.29, 0.717) is 11.5 Å². The molecule has 0 atom stereocenters. The molecular formula is C13H14N4O3. The molecule has 0 aliphatic carbocycles. The van der Waals surface area contributed by atoms with E-state index in [1.54, 1.807) is 12.1 Å². The summed E-state index contributed by atoms with van der Waals surface area (Å²) in [5.74, 6) is -0.764. The number of amides is 1. The van der Waals surface area contributed by atoms with Gasteiger partial charge < -0.3 is 10.4 Å². The molecule has 7 heteroatoms. The minimum Gasteiger partial charge on any atom is -0.478 e. The molecule has 0 aliphatic rings. The molecule has 1 aromatic carbocycles. The highest BCUT2D eigenvalue weighted by atomic mass is 16.4. The first-order chi connectivity index (χ1) is 9.47. The molecule has 7 nitrogen and oxygen atoms in total. The Balaban J connectivity index is 2.14. The van der Waals surface area contributed by atoms with Crippen LogP contribution in [0.5, 0.6) is 0 Å². The molecular weight excluding hydrogens is 260 g/mol. The van der Waals surface area contributed by atoms with Crippen LogP contribution in [0.25, 0.3) is 0 Å². The van der Waals surface area contributed by atoms with Gasteiger partial charge in [-0.15, -0.1) is 5.10 Å². The molecule has 0 saturated carbocycles. The number of anilines is 1. The Bertz CT molecular complexity index is 649. The van der Waals surface area contributed by atoms with Crippen LogP contribution in [0.3, 0.4) is 0 Å². The fraction of sp³-hybridized carbons (Fsp3) is 0.231. The SMILES string of the molecule is CC(C)c1nc(C(=O)Nc2cccc(C(=O)O)c2)n[nH]1. The van der Waals surface area contributed by atoms with E-state index in [9.17, 15) is 9.59 Å². The van der Waals surface area contributed by atoms with Crippen molar-refractivity contribution < 1.29 is 14.7 Å². The van der Waals surface area contributed by atoms with Gasteiger partial charge in [-0.3, -0.25) is 9.89 Å². The third-order valence-electron chi connectivity index (χ3n) is 2.62. The Kier molecular flexibility index (Phi) is 3.79. The number of aromatic nitrogens is 3. The predicted molar refractivity (Wildman–Crippen MR) is 71.8 cm³/mol. The standard InChI is InChI=1S/C13H14N4O3/c1-7(2)10-15-11(17-16-10)12(18)14-9-5-3-4-8(6-9)13(19)20/h3-7H,1-2H3,(H,14,18)(H,19,20)(H,15,16,17). The molecule has 0 bridgehead atoms. The van der Waals surface area contributed by atoms with E-state index < -0.39 is 11.9 Å².